The van der Waals surface area contributed by atoms with Gasteiger partial charge in [-0.1, -0.05) is 0 Å². The van der Waals surface area contributed by atoms with Gasteiger partial charge in [0.1, 0.15) is 0 Å². The van der Waals surface area contributed by atoms with Gasteiger partial charge in [0.25, 0.3) is 0 Å². The Labute approximate surface area is 106 Å². The van der Waals surface area contributed by atoms with Crippen molar-refractivity contribution in [1.82, 2.24) is 25.1 Å². The molecule has 18 heavy (non-hydrogen) atoms. The van der Waals surface area contributed by atoms with Gasteiger partial charge in [-0.15, -0.1) is 10.2 Å². The summed E-state index contributed by atoms with van der Waals surface area (Å²) in [5, 5.41) is 16.7. The number of nitrogens with zero attached hydrogens (tertiary/aromatic N) is 4. The molecule has 0 bridgehead atoms. The second-order valence-corrected chi connectivity index (χ2v) is 5.38. The lowest BCUT2D eigenvalue weighted by Gasteiger charge is -2.20. The number of fused-ring (bicyclic) bond motifs is 1. The van der Waals surface area contributed by atoms with Gasteiger partial charge < -0.3 is 5.32 Å². The van der Waals surface area contributed by atoms with Crippen LogP contribution in [0.3, 0.4) is 0 Å². The molecule has 94 valence electrons. The fraction of sp³-hybridized carbons (Fsp3) is 0.615. The van der Waals surface area contributed by atoms with E-state index in [0.717, 1.165) is 37.4 Å². The van der Waals surface area contributed by atoms with Crippen LogP contribution in [0, 0.1) is 0 Å². The molecule has 1 N–H and O–H groups in total. The normalized spacial score (nSPS) is 21.6. The fourth-order valence-electron chi connectivity index (χ4n) is 2.75. The van der Waals surface area contributed by atoms with Crippen molar-refractivity contribution in [1.29, 1.82) is 0 Å². The molecule has 1 aliphatic carbocycles. The Hall–Kier alpha value is -1.49. The third-order valence-corrected chi connectivity index (χ3v) is 4.01. The first-order valence-electron chi connectivity index (χ1n) is 6.85. The van der Waals surface area contributed by atoms with E-state index in [1.807, 2.05) is 4.52 Å². The van der Waals surface area contributed by atoms with Gasteiger partial charge in [0.2, 0.25) is 0 Å². The summed E-state index contributed by atoms with van der Waals surface area (Å²) in [6, 6.07) is 4.16. The molecule has 0 radical (unpaired) electrons. The van der Waals surface area contributed by atoms with Crippen LogP contribution in [-0.4, -0.2) is 32.9 Å². The quantitative estimate of drug-likeness (QED) is 0.867. The summed E-state index contributed by atoms with van der Waals surface area (Å²) < 4.78 is 1.98. The van der Waals surface area contributed by atoms with Crippen LogP contribution in [0.2, 0.25) is 0 Å². The summed E-state index contributed by atoms with van der Waals surface area (Å²) in [4.78, 5) is 0. The Balaban J connectivity index is 1.76. The van der Waals surface area contributed by atoms with E-state index in [4.69, 9.17) is 5.10 Å². The third kappa shape index (κ3) is 1.70. The minimum absolute atomic E-state index is 0.503. The lowest BCUT2D eigenvalue weighted by molar-refractivity contribution is 0.438. The lowest BCUT2D eigenvalue weighted by Crippen LogP contribution is -2.27. The van der Waals surface area contributed by atoms with E-state index in [0.29, 0.717) is 11.8 Å². The number of hydrogen-bond donors (Lipinski definition) is 1. The third-order valence-electron chi connectivity index (χ3n) is 4.01. The topological polar surface area (TPSA) is 55.1 Å². The molecule has 5 heteroatoms. The average molecular weight is 243 g/mol. The van der Waals surface area contributed by atoms with E-state index < -0.39 is 0 Å². The molecule has 2 aromatic rings. The van der Waals surface area contributed by atoms with Crippen molar-refractivity contribution >= 4 is 5.65 Å². The van der Waals surface area contributed by atoms with Gasteiger partial charge in [0, 0.05) is 11.8 Å². The van der Waals surface area contributed by atoms with Crippen LogP contribution in [0.5, 0.6) is 0 Å². The van der Waals surface area contributed by atoms with Crippen molar-refractivity contribution in [2.75, 3.05) is 13.1 Å². The summed E-state index contributed by atoms with van der Waals surface area (Å²) in [6.45, 7) is 2.14. The number of aromatic nitrogens is 4. The fourth-order valence-corrected chi connectivity index (χ4v) is 2.75. The SMILES string of the molecule is c1cc2nnc(C3CCNCC3)n2nc1C1CC1. The highest BCUT2D eigenvalue weighted by Gasteiger charge is 2.27. The Morgan fingerprint density at radius 1 is 1.00 bits per heavy atom. The molecule has 0 atom stereocenters. The van der Waals surface area contributed by atoms with E-state index in [2.05, 4.69) is 27.6 Å². The maximum Gasteiger partial charge on any atom is 0.177 e. The Bertz CT molecular complexity index is 566. The van der Waals surface area contributed by atoms with Crippen LogP contribution in [0.15, 0.2) is 12.1 Å². The molecule has 5 nitrogen and oxygen atoms in total. The Kier molecular flexibility index (Phi) is 2.33. The zero-order chi connectivity index (χ0) is 11.9. The lowest BCUT2D eigenvalue weighted by atomic mass is 9.97. The molecule has 0 amide bonds. The van der Waals surface area contributed by atoms with E-state index in [1.54, 1.807) is 0 Å². The molecule has 1 aliphatic heterocycles. The van der Waals surface area contributed by atoms with Crippen LogP contribution in [0.4, 0.5) is 0 Å². The highest BCUT2D eigenvalue weighted by Crippen LogP contribution is 2.38. The molecule has 0 aromatic carbocycles. The van der Waals surface area contributed by atoms with Gasteiger partial charge in [-0.2, -0.15) is 9.61 Å². The van der Waals surface area contributed by atoms with Gasteiger partial charge in [0.15, 0.2) is 11.5 Å². The number of nitrogens with one attached hydrogen (secondary N) is 1. The predicted octanol–water partition coefficient (Wildman–Crippen LogP) is 1.47. The van der Waals surface area contributed by atoms with E-state index in [1.165, 1.54) is 18.5 Å². The van der Waals surface area contributed by atoms with Crippen molar-refractivity contribution in [3.63, 3.8) is 0 Å². The smallest absolute Gasteiger partial charge is 0.177 e. The summed E-state index contributed by atoms with van der Waals surface area (Å²) in [5.41, 5.74) is 2.09. The molecule has 1 saturated heterocycles. The summed E-state index contributed by atoms with van der Waals surface area (Å²) in [7, 11) is 0. The van der Waals surface area contributed by atoms with Crippen molar-refractivity contribution in [2.45, 2.75) is 37.5 Å². The van der Waals surface area contributed by atoms with Crippen LogP contribution in [0.1, 0.15) is 49.0 Å². The molecule has 0 spiro atoms. The molecule has 2 fully saturated rings. The summed E-state index contributed by atoms with van der Waals surface area (Å²) >= 11 is 0. The van der Waals surface area contributed by atoms with Gasteiger partial charge in [-0.05, 0) is 50.9 Å². The minimum atomic E-state index is 0.503. The molecule has 2 aliphatic rings. The van der Waals surface area contributed by atoms with Gasteiger partial charge >= 0.3 is 0 Å². The van der Waals surface area contributed by atoms with Crippen molar-refractivity contribution in [3.8, 4) is 0 Å². The van der Waals surface area contributed by atoms with Crippen molar-refractivity contribution < 1.29 is 0 Å². The minimum Gasteiger partial charge on any atom is -0.317 e. The number of hydrogen-bond acceptors (Lipinski definition) is 4. The second kappa shape index (κ2) is 4.02. The van der Waals surface area contributed by atoms with Crippen LogP contribution < -0.4 is 5.32 Å². The highest BCUT2D eigenvalue weighted by atomic mass is 15.4. The van der Waals surface area contributed by atoms with E-state index in [9.17, 15) is 0 Å². The summed E-state index contributed by atoms with van der Waals surface area (Å²) in [6.07, 6.45) is 4.83. The monoisotopic (exact) mass is 243 g/mol. The predicted molar refractivity (Wildman–Crippen MR) is 67.6 cm³/mol. The first kappa shape index (κ1) is 10.4. The first-order valence-corrected chi connectivity index (χ1v) is 6.85. The molecule has 4 rings (SSSR count). The van der Waals surface area contributed by atoms with Crippen LogP contribution in [0.25, 0.3) is 5.65 Å². The molecular formula is C13H17N5. The first-order chi connectivity index (χ1) is 8.92. The maximum absolute atomic E-state index is 4.74. The van der Waals surface area contributed by atoms with Gasteiger partial charge in [0.05, 0.1) is 5.69 Å². The van der Waals surface area contributed by atoms with Crippen LogP contribution >= 0.6 is 0 Å². The molecule has 0 unspecified atom stereocenters. The summed E-state index contributed by atoms with van der Waals surface area (Å²) in [5.74, 6) is 2.23. The molecular weight excluding hydrogens is 226 g/mol. The van der Waals surface area contributed by atoms with Crippen molar-refractivity contribution in [2.24, 2.45) is 0 Å². The van der Waals surface area contributed by atoms with Crippen molar-refractivity contribution in [3.05, 3.63) is 23.7 Å². The zero-order valence-electron chi connectivity index (χ0n) is 10.3. The zero-order valence-corrected chi connectivity index (χ0v) is 10.3. The largest absolute Gasteiger partial charge is 0.317 e. The Morgan fingerprint density at radius 2 is 1.83 bits per heavy atom. The van der Waals surface area contributed by atoms with E-state index in [-0.39, 0.29) is 0 Å². The maximum atomic E-state index is 4.74. The molecule has 1 saturated carbocycles. The van der Waals surface area contributed by atoms with E-state index >= 15 is 0 Å². The van der Waals surface area contributed by atoms with Gasteiger partial charge in [-0.25, -0.2) is 0 Å². The molecule has 3 heterocycles. The van der Waals surface area contributed by atoms with Gasteiger partial charge in [-0.3, -0.25) is 0 Å². The number of rotatable bonds is 2. The number of piperidine rings is 1. The standard InChI is InChI=1S/C13H17N5/c1-2-9(1)11-3-4-12-15-16-13(18(12)17-11)10-5-7-14-8-6-10/h3-4,9-10,14H,1-2,5-8H2. The average Bonchev–Trinajstić information content (AvgIpc) is 3.19. The Morgan fingerprint density at radius 3 is 2.61 bits per heavy atom. The second-order valence-electron chi connectivity index (χ2n) is 5.38. The molecule has 2 aromatic heterocycles. The highest BCUT2D eigenvalue weighted by molar-refractivity contribution is 5.37. The van der Waals surface area contributed by atoms with Crippen LogP contribution in [-0.2, 0) is 0 Å².